The summed E-state index contributed by atoms with van der Waals surface area (Å²) >= 11 is 0. The number of hydrogen-bond donors (Lipinski definition) is 2. The Balaban J connectivity index is 1.99. The van der Waals surface area contributed by atoms with Crippen molar-refractivity contribution in [1.82, 2.24) is 15.5 Å². The zero-order valence-corrected chi connectivity index (χ0v) is 11.6. The first kappa shape index (κ1) is 14.0. The molecule has 2 aromatic rings. The van der Waals surface area contributed by atoms with E-state index < -0.39 is 0 Å². The van der Waals surface area contributed by atoms with E-state index in [0.717, 1.165) is 18.4 Å². The van der Waals surface area contributed by atoms with Gasteiger partial charge in [0.15, 0.2) is 0 Å². The molecule has 0 saturated heterocycles. The van der Waals surface area contributed by atoms with Crippen LogP contribution >= 0.6 is 0 Å². The molecule has 0 spiro atoms. The lowest BCUT2D eigenvalue weighted by molar-refractivity contribution is 0.248. The molecule has 1 aromatic heterocycles. The van der Waals surface area contributed by atoms with Gasteiger partial charge in [-0.1, -0.05) is 19.4 Å². The molecule has 2 rings (SSSR count). The van der Waals surface area contributed by atoms with Gasteiger partial charge in [0.25, 0.3) is 0 Å². The summed E-state index contributed by atoms with van der Waals surface area (Å²) in [7, 11) is 0. The highest BCUT2D eigenvalue weighted by Gasteiger charge is 2.08. The normalized spacial score (nSPS) is 11.9. The highest BCUT2D eigenvalue weighted by atomic mass is 16.4. The molecule has 0 unspecified atom stereocenters. The number of nitrogens with one attached hydrogen (secondary N) is 2. The predicted molar refractivity (Wildman–Crippen MR) is 76.3 cm³/mol. The van der Waals surface area contributed by atoms with Gasteiger partial charge in [-0.2, -0.15) is 0 Å². The number of carbonyl (C=O) groups excluding carboxylic acids is 1. The van der Waals surface area contributed by atoms with Gasteiger partial charge >= 0.3 is 6.03 Å². The topological polar surface area (TPSA) is 80.0 Å². The number of rotatable bonds is 5. The van der Waals surface area contributed by atoms with Gasteiger partial charge < -0.3 is 15.1 Å². The number of urea groups is 1. The molecule has 6 heteroatoms. The highest BCUT2D eigenvalue weighted by molar-refractivity contribution is 5.90. The van der Waals surface area contributed by atoms with Gasteiger partial charge in [0.2, 0.25) is 12.3 Å². The molecule has 0 bridgehead atoms. The Morgan fingerprint density at radius 2 is 2.30 bits per heavy atom. The van der Waals surface area contributed by atoms with E-state index in [1.807, 2.05) is 25.1 Å². The van der Waals surface area contributed by atoms with E-state index in [1.165, 1.54) is 6.39 Å². The quantitative estimate of drug-likeness (QED) is 0.878. The number of amides is 2. The first-order chi connectivity index (χ1) is 9.69. The van der Waals surface area contributed by atoms with E-state index in [-0.39, 0.29) is 12.1 Å². The largest absolute Gasteiger partial charge is 0.423 e. The van der Waals surface area contributed by atoms with E-state index in [1.54, 1.807) is 6.07 Å². The van der Waals surface area contributed by atoms with Crippen molar-refractivity contribution in [1.29, 1.82) is 0 Å². The summed E-state index contributed by atoms with van der Waals surface area (Å²) in [6, 6.07) is 7.20. The minimum absolute atomic E-state index is 0.152. The number of aromatic nitrogens is 2. The van der Waals surface area contributed by atoms with E-state index in [4.69, 9.17) is 4.42 Å². The third-order valence-corrected chi connectivity index (χ3v) is 2.83. The van der Waals surface area contributed by atoms with Crippen LogP contribution in [0, 0.1) is 0 Å². The third-order valence-electron chi connectivity index (χ3n) is 2.83. The second kappa shape index (κ2) is 6.70. The Labute approximate surface area is 117 Å². The van der Waals surface area contributed by atoms with Gasteiger partial charge in [-0.15, -0.1) is 10.2 Å². The van der Waals surface area contributed by atoms with Crippen LogP contribution < -0.4 is 10.6 Å². The van der Waals surface area contributed by atoms with Gasteiger partial charge in [-0.05, 0) is 31.5 Å². The summed E-state index contributed by atoms with van der Waals surface area (Å²) < 4.78 is 5.13. The fourth-order valence-corrected chi connectivity index (χ4v) is 1.92. The molecule has 0 aliphatic heterocycles. The van der Waals surface area contributed by atoms with E-state index in [9.17, 15) is 4.79 Å². The molecule has 1 heterocycles. The number of nitrogens with zero attached hydrogens (tertiary/aromatic N) is 2. The Morgan fingerprint density at radius 1 is 1.45 bits per heavy atom. The predicted octanol–water partition coefficient (Wildman–Crippen LogP) is 3.05. The molecule has 0 fully saturated rings. The van der Waals surface area contributed by atoms with Crippen LogP contribution in [0.4, 0.5) is 10.5 Å². The zero-order valence-electron chi connectivity index (χ0n) is 11.6. The summed E-state index contributed by atoms with van der Waals surface area (Å²) in [6.07, 6.45) is 3.26. The van der Waals surface area contributed by atoms with Gasteiger partial charge in [0.1, 0.15) is 0 Å². The van der Waals surface area contributed by atoms with Crippen LogP contribution in [-0.2, 0) is 0 Å². The van der Waals surface area contributed by atoms with E-state index >= 15 is 0 Å². The van der Waals surface area contributed by atoms with Crippen molar-refractivity contribution in [2.45, 2.75) is 32.7 Å². The average molecular weight is 274 g/mol. The molecule has 0 aliphatic carbocycles. The molecule has 0 radical (unpaired) electrons. The van der Waals surface area contributed by atoms with Crippen LogP contribution in [0.25, 0.3) is 11.5 Å². The number of benzene rings is 1. The second-order valence-corrected chi connectivity index (χ2v) is 4.61. The molecule has 2 N–H and O–H groups in total. The molecule has 0 saturated carbocycles. The maximum atomic E-state index is 11.8. The number of hydrogen-bond acceptors (Lipinski definition) is 4. The molecular weight excluding hydrogens is 256 g/mol. The summed E-state index contributed by atoms with van der Waals surface area (Å²) in [5.41, 5.74) is 1.45. The van der Waals surface area contributed by atoms with Crippen molar-refractivity contribution in [3.63, 3.8) is 0 Å². The number of anilines is 1. The first-order valence-corrected chi connectivity index (χ1v) is 6.63. The highest BCUT2D eigenvalue weighted by Crippen LogP contribution is 2.20. The van der Waals surface area contributed by atoms with Crippen molar-refractivity contribution in [2.75, 3.05) is 5.32 Å². The summed E-state index contributed by atoms with van der Waals surface area (Å²) in [4.78, 5) is 11.8. The molecular formula is C14H18N4O2. The van der Waals surface area contributed by atoms with Crippen LogP contribution in [0.1, 0.15) is 26.7 Å². The van der Waals surface area contributed by atoms with E-state index in [0.29, 0.717) is 11.6 Å². The SMILES string of the molecule is CCC[C@@H](C)NC(=O)Nc1cccc(-c2nnco2)c1. The lowest BCUT2D eigenvalue weighted by atomic mass is 10.2. The Morgan fingerprint density at radius 3 is 3.00 bits per heavy atom. The van der Waals surface area contributed by atoms with Crippen molar-refractivity contribution < 1.29 is 9.21 Å². The molecule has 1 atom stereocenters. The Kier molecular flexibility index (Phi) is 4.70. The second-order valence-electron chi connectivity index (χ2n) is 4.61. The molecule has 106 valence electrons. The van der Waals surface area contributed by atoms with Crippen molar-refractivity contribution >= 4 is 11.7 Å². The van der Waals surface area contributed by atoms with Crippen LogP contribution in [0.3, 0.4) is 0 Å². The van der Waals surface area contributed by atoms with Crippen LogP contribution in [0.15, 0.2) is 35.1 Å². The fourth-order valence-electron chi connectivity index (χ4n) is 1.92. The standard InChI is InChI=1S/C14H18N4O2/c1-3-5-10(2)16-14(19)17-12-7-4-6-11(8-12)13-18-15-9-20-13/h4,6-10H,3,5H2,1-2H3,(H2,16,17,19)/t10-/m1/s1. The Bertz CT molecular complexity index is 554. The lowest BCUT2D eigenvalue weighted by Gasteiger charge is -2.13. The average Bonchev–Trinajstić information content (AvgIpc) is 2.92. The molecule has 2 amide bonds. The van der Waals surface area contributed by atoms with Crippen molar-refractivity contribution in [3.8, 4) is 11.5 Å². The molecule has 1 aromatic carbocycles. The van der Waals surface area contributed by atoms with Crippen molar-refractivity contribution in [2.24, 2.45) is 0 Å². The molecule has 20 heavy (non-hydrogen) atoms. The van der Waals surface area contributed by atoms with Gasteiger partial charge in [-0.3, -0.25) is 0 Å². The summed E-state index contributed by atoms with van der Waals surface area (Å²) in [6.45, 7) is 4.07. The van der Waals surface area contributed by atoms with E-state index in [2.05, 4.69) is 27.8 Å². The monoisotopic (exact) mass is 274 g/mol. The molecule has 6 nitrogen and oxygen atoms in total. The van der Waals surface area contributed by atoms with Crippen LogP contribution in [0.5, 0.6) is 0 Å². The molecule has 0 aliphatic rings. The third kappa shape index (κ3) is 3.81. The van der Waals surface area contributed by atoms with Gasteiger partial charge in [-0.25, -0.2) is 4.79 Å². The summed E-state index contributed by atoms with van der Waals surface area (Å²) in [5.74, 6) is 0.424. The lowest BCUT2D eigenvalue weighted by Crippen LogP contribution is -2.35. The minimum atomic E-state index is -0.214. The summed E-state index contributed by atoms with van der Waals surface area (Å²) in [5, 5.41) is 13.1. The van der Waals surface area contributed by atoms with Gasteiger partial charge in [0, 0.05) is 17.3 Å². The zero-order chi connectivity index (χ0) is 14.4. The van der Waals surface area contributed by atoms with Crippen LogP contribution in [0.2, 0.25) is 0 Å². The smallest absolute Gasteiger partial charge is 0.319 e. The van der Waals surface area contributed by atoms with Crippen molar-refractivity contribution in [3.05, 3.63) is 30.7 Å². The van der Waals surface area contributed by atoms with Crippen LogP contribution in [-0.4, -0.2) is 22.3 Å². The first-order valence-electron chi connectivity index (χ1n) is 6.63. The fraction of sp³-hybridized carbons (Fsp3) is 0.357. The minimum Gasteiger partial charge on any atom is -0.423 e. The Hall–Kier alpha value is -2.37. The number of carbonyl (C=O) groups is 1. The van der Waals surface area contributed by atoms with Gasteiger partial charge in [0.05, 0.1) is 0 Å². The maximum Gasteiger partial charge on any atom is 0.319 e. The maximum absolute atomic E-state index is 11.8.